The first-order chi connectivity index (χ1) is 13.2. The van der Waals surface area contributed by atoms with E-state index in [4.69, 9.17) is 0 Å². The van der Waals surface area contributed by atoms with Gasteiger partial charge in [-0.1, -0.05) is 36.4 Å². The summed E-state index contributed by atoms with van der Waals surface area (Å²) in [6.45, 7) is 0. The third kappa shape index (κ3) is 3.46. The minimum Gasteiger partial charge on any atom is -0.328 e. The summed E-state index contributed by atoms with van der Waals surface area (Å²) in [5, 5.41) is 12.1. The summed E-state index contributed by atoms with van der Waals surface area (Å²) in [5.74, 6) is 0.333. The maximum absolute atomic E-state index is 12.6. The quantitative estimate of drug-likeness (QED) is 0.598. The van der Waals surface area contributed by atoms with Crippen LogP contribution in [0.2, 0.25) is 0 Å². The van der Waals surface area contributed by atoms with Crippen molar-refractivity contribution in [3.05, 3.63) is 84.7 Å². The highest BCUT2D eigenvalue weighted by atomic mass is 16.1. The summed E-state index contributed by atoms with van der Waals surface area (Å²) in [7, 11) is 1.90. The number of hydrogen-bond donors (Lipinski definition) is 1. The molecule has 4 rings (SSSR count). The number of carbonyl (C=O) groups excluding carboxylic acids is 1. The van der Waals surface area contributed by atoms with Crippen LogP contribution in [-0.4, -0.2) is 28.1 Å². The fourth-order valence-corrected chi connectivity index (χ4v) is 2.80. The number of pyridine rings is 1. The van der Waals surface area contributed by atoms with E-state index in [1.165, 1.54) is 0 Å². The molecule has 132 valence electrons. The molecule has 0 aliphatic rings. The minimum absolute atomic E-state index is 0.244. The van der Waals surface area contributed by atoms with Gasteiger partial charge in [0.05, 0.1) is 11.2 Å². The predicted molar refractivity (Wildman–Crippen MR) is 106 cm³/mol. The normalized spacial score (nSPS) is 10.6. The lowest BCUT2D eigenvalue weighted by Gasteiger charge is -2.17. The molecule has 0 radical (unpaired) electrons. The number of aromatic nitrogens is 3. The molecule has 0 saturated heterocycles. The molecule has 2 heterocycles. The smallest absolute Gasteiger partial charge is 0.276 e. The van der Waals surface area contributed by atoms with Crippen molar-refractivity contribution in [2.75, 3.05) is 17.3 Å². The van der Waals surface area contributed by atoms with Crippen molar-refractivity contribution in [2.45, 2.75) is 0 Å². The van der Waals surface area contributed by atoms with Gasteiger partial charge >= 0.3 is 0 Å². The van der Waals surface area contributed by atoms with E-state index in [1.807, 2.05) is 72.6 Å². The standard InChI is InChI=1S/C21H17N5O/c1-26(16-9-3-2-4-10-16)19-13-12-18(24-25-19)21(27)23-17-11-5-7-15-8-6-14-22-20(15)17/h2-14H,1H3,(H,23,27). The largest absolute Gasteiger partial charge is 0.328 e. The maximum atomic E-state index is 12.6. The zero-order valence-corrected chi connectivity index (χ0v) is 14.7. The zero-order chi connectivity index (χ0) is 18.6. The van der Waals surface area contributed by atoms with Gasteiger partial charge in [0.25, 0.3) is 5.91 Å². The van der Waals surface area contributed by atoms with E-state index in [1.54, 1.807) is 18.3 Å². The molecule has 27 heavy (non-hydrogen) atoms. The highest BCUT2D eigenvalue weighted by Gasteiger charge is 2.12. The van der Waals surface area contributed by atoms with Crippen molar-refractivity contribution in [3.63, 3.8) is 0 Å². The molecule has 0 atom stereocenters. The van der Waals surface area contributed by atoms with E-state index < -0.39 is 0 Å². The maximum Gasteiger partial charge on any atom is 0.276 e. The molecule has 0 spiro atoms. The first kappa shape index (κ1) is 16.7. The van der Waals surface area contributed by atoms with E-state index in [0.29, 0.717) is 11.5 Å². The Morgan fingerprint density at radius 2 is 1.70 bits per heavy atom. The number of rotatable bonds is 4. The second-order valence-corrected chi connectivity index (χ2v) is 6.01. The monoisotopic (exact) mass is 355 g/mol. The number of anilines is 3. The second kappa shape index (κ2) is 7.21. The summed E-state index contributed by atoms with van der Waals surface area (Å²) >= 11 is 0. The summed E-state index contributed by atoms with van der Waals surface area (Å²) in [6, 6.07) is 22.7. The van der Waals surface area contributed by atoms with Crippen LogP contribution in [-0.2, 0) is 0 Å². The molecule has 0 aliphatic heterocycles. The van der Waals surface area contributed by atoms with Crippen molar-refractivity contribution in [3.8, 4) is 0 Å². The Morgan fingerprint density at radius 1 is 0.889 bits per heavy atom. The lowest BCUT2D eigenvalue weighted by Crippen LogP contribution is -2.17. The topological polar surface area (TPSA) is 71.0 Å². The molecule has 0 saturated carbocycles. The van der Waals surface area contributed by atoms with Gasteiger partial charge in [-0.25, -0.2) is 0 Å². The molecule has 2 aromatic heterocycles. The number of para-hydroxylation sites is 2. The summed E-state index contributed by atoms with van der Waals surface area (Å²) in [4.78, 5) is 18.8. The van der Waals surface area contributed by atoms with Gasteiger partial charge in [0, 0.05) is 24.3 Å². The van der Waals surface area contributed by atoms with E-state index in [-0.39, 0.29) is 11.6 Å². The molecule has 0 aliphatic carbocycles. The average molecular weight is 355 g/mol. The van der Waals surface area contributed by atoms with Crippen LogP contribution in [0.5, 0.6) is 0 Å². The first-order valence-corrected chi connectivity index (χ1v) is 8.50. The van der Waals surface area contributed by atoms with Crippen molar-refractivity contribution >= 4 is 34.0 Å². The van der Waals surface area contributed by atoms with Crippen molar-refractivity contribution in [1.29, 1.82) is 0 Å². The number of carbonyl (C=O) groups is 1. The van der Waals surface area contributed by atoms with Crippen LogP contribution < -0.4 is 10.2 Å². The van der Waals surface area contributed by atoms with Crippen LogP contribution in [0.25, 0.3) is 10.9 Å². The van der Waals surface area contributed by atoms with Crippen LogP contribution >= 0.6 is 0 Å². The molecule has 6 nitrogen and oxygen atoms in total. The van der Waals surface area contributed by atoms with E-state index in [2.05, 4.69) is 20.5 Å². The van der Waals surface area contributed by atoms with Crippen molar-refractivity contribution < 1.29 is 4.79 Å². The molecule has 1 N–H and O–H groups in total. The Hall–Kier alpha value is -3.80. The predicted octanol–water partition coefficient (Wildman–Crippen LogP) is 4.05. The summed E-state index contributed by atoms with van der Waals surface area (Å²) in [5.41, 5.74) is 2.62. The molecule has 0 bridgehead atoms. The van der Waals surface area contributed by atoms with E-state index >= 15 is 0 Å². The highest BCUT2D eigenvalue weighted by molar-refractivity contribution is 6.07. The van der Waals surface area contributed by atoms with Crippen LogP contribution in [0.3, 0.4) is 0 Å². The van der Waals surface area contributed by atoms with E-state index in [0.717, 1.165) is 16.6 Å². The molecule has 0 fully saturated rings. The third-order valence-electron chi connectivity index (χ3n) is 4.25. The Bertz CT molecular complexity index is 1080. The molecule has 0 unspecified atom stereocenters. The van der Waals surface area contributed by atoms with Crippen molar-refractivity contribution in [2.24, 2.45) is 0 Å². The molecule has 4 aromatic rings. The second-order valence-electron chi connectivity index (χ2n) is 6.01. The molecule has 6 heteroatoms. The van der Waals surface area contributed by atoms with Crippen LogP contribution in [0.1, 0.15) is 10.5 Å². The number of benzene rings is 2. The third-order valence-corrected chi connectivity index (χ3v) is 4.25. The van der Waals surface area contributed by atoms with Gasteiger partial charge in [-0.15, -0.1) is 10.2 Å². The fraction of sp³-hybridized carbons (Fsp3) is 0.0476. The number of nitrogens with one attached hydrogen (secondary N) is 1. The number of nitrogens with zero attached hydrogens (tertiary/aromatic N) is 4. The Balaban J connectivity index is 1.54. The Kier molecular flexibility index (Phi) is 4.45. The molecular formula is C21H17N5O. The van der Waals surface area contributed by atoms with Crippen molar-refractivity contribution in [1.82, 2.24) is 15.2 Å². The molecule has 2 aromatic carbocycles. The summed E-state index contributed by atoms with van der Waals surface area (Å²) < 4.78 is 0. The number of amides is 1. The fourth-order valence-electron chi connectivity index (χ4n) is 2.80. The van der Waals surface area contributed by atoms with E-state index in [9.17, 15) is 4.79 Å². The van der Waals surface area contributed by atoms with Gasteiger partial charge in [0.2, 0.25) is 0 Å². The van der Waals surface area contributed by atoms with Gasteiger partial charge in [-0.3, -0.25) is 9.78 Å². The highest BCUT2D eigenvalue weighted by Crippen LogP contribution is 2.22. The van der Waals surface area contributed by atoms with Crippen LogP contribution in [0.4, 0.5) is 17.2 Å². The lowest BCUT2D eigenvalue weighted by molar-refractivity contribution is 0.102. The van der Waals surface area contributed by atoms with Gasteiger partial charge in [-0.05, 0) is 36.4 Å². The van der Waals surface area contributed by atoms with Gasteiger partial charge in [-0.2, -0.15) is 0 Å². The number of fused-ring (bicyclic) bond motifs is 1. The Morgan fingerprint density at radius 3 is 2.48 bits per heavy atom. The van der Waals surface area contributed by atoms with Gasteiger partial charge in [0.15, 0.2) is 11.5 Å². The minimum atomic E-state index is -0.324. The van der Waals surface area contributed by atoms with Gasteiger partial charge in [0.1, 0.15) is 0 Å². The molecule has 1 amide bonds. The van der Waals surface area contributed by atoms with Crippen LogP contribution in [0.15, 0.2) is 79.0 Å². The summed E-state index contributed by atoms with van der Waals surface area (Å²) in [6.07, 6.45) is 1.70. The first-order valence-electron chi connectivity index (χ1n) is 8.50. The lowest BCUT2D eigenvalue weighted by atomic mass is 10.2. The number of hydrogen-bond acceptors (Lipinski definition) is 5. The SMILES string of the molecule is CN(c1ccccc1)c1ccc(C(=O)Nc2cccc3cccnc23)nn1. The molecular weight excluding hydrogens is 338 g/mol. The zero-order valence-electron chi connectivity index (χ0n) is 14.7. The Labute approximate surface area is 156 Å². The average Bonchev–Trinajstić information content (AvgIpc) is 2.74. The van der Waals surface area contributed by atoms with Crippen LogP contribution in [0, 0.1) is 0 Å². The van der Waals surface area contributed by atoms with Gasteiger partial charge < -0.3 is 10.2 Å².